The van der Waals surface area contributed by atoms with Gasteiger partial charge in [0.2, 0.25) is 0 Å². The summed E-state index contributed by atoms with van der Waals surface area (Å²) in [6, 6.07) is 1.35. The minimum atomic E-state index is -4.31. The van der Waals surface area contributed by atoms with Crippen LogP contribution in [-0.4, -0.2) is 41.8 Å². The maximum absolute atomic E-state index is 13.0. The van der Waals surface area contributed by atoms with Crippen LogP contribution in [-0.2, 0) is 17.1 Å². The standard InChI is InChI=1S/C12H18F3N3O2S/c1-11(2)8-18(7-5-9(11)12(13,14)15)21(19,20)10-4-6-16-17(10)3/h4,6,9H,5,7-8H2,1-3H3. The summed E-state index contributed by atoms with van der Waals surface area (Å²) in [5.74, 6) is -1.50. The van der Waals surface area contributed by atoms with Crippen molar-refractivity contribution in [3.8, 4) is 0 Å². The first-order valence-electron chi connectivity index (χ1n) is 6.51. The molecular weight excluding hydrogens is 307 g/mol. The van der Waals surface area contributed by atoms with E-state index in [1.54, 1.807) is 0 Å². The second-order valence-corrected chi connectivity index (χ2v) is 7.89. The molecule has 1 aromatic rings. The van der Waals surface area contributed by atoms with Crippen LogP contribution in [0.2, 0.25) is 0 Å². The van der Waals surface area contributed by atoms with E-state index in [4.69, 9.17) is 0 Å². The Bertz CT molecular complexity index is 622. The van der Waals surface area contributed by atoms with E-state index in [1.165, 1.54) is 37.8 Å². The van der Waals surface area contributed by atoms with Gasteiger partial charge in [-0.3, -0.25) is 4.68 Å². The molecule has 1 aliphatic rings. The molecule has 9 heteroatoms. The van der Waals surface area contributed by atoms with Crippen LogP contribution in [0.25, 0.3) is 0 Å². The van der Waals surface area contributed by atoms with Gasteiger partial charge in [-0.2, -0.15) is 22.6 Å². The lowest BCUT2D eigenvalue weighted by molar-refractivity contribution is -0.213. The van der Waals surface area contributed by atoms with Crippen molar-refractivity contribution in [1.29, 1.82) is 0 Å². The second kappa shape index (κ2) is 4.98. The van der Waals surface area contributed by atoms with Crippen LogP contribution in [0.1, 0.15) is 20.3 Å². The van der Waals surface area contributed by atoms with Gasteiger partial charge in [0.05, 0.1) is 12.1 Å². The van der Waals surface area contributed by atoms with Crippen LogP contribution in [0.5, 0.6) is 0 Å². The summed E-state index contributed by atoms with van der Waals surface area (Å²) >= 11 is 0. The molecule has 0 spiro atoms. The van der Waals surface area contributed by atoms with E-state index in [1.807, 2.05) is 0 Å². The lowest BCUT2D eigenvalue weighted by atomic mass is 9.74. The molecule has 0 bridgehead atoms. The van der Waals surface area contributed by atoms with Crippen LogP contribution in [0.3, 0.4) is 0 Å². The van der Waals surface area contributed by atoms with E-state index in [0.717, 1.165) is 4.31 Å². The summed E-state index contributed by atoms with van der Waals surface area (Å²) in [5.41, 5.74) is -1.16. The van der Waals surface area contributed by atoms with Gasteiger partial charge < -0.3 is 0 Å². The van der Waals surface area contributed by atoms with Gasteiger partial charge in [-0.05, 0) is 17.9 Å². The number of sulfonamides is 1. The van der Waals surface area contributed by atoms with Crippen LogP contribution in [0.4, 0.5) is 13.2 Å². The number of hydrogen-bond donors (Lipinski definition) is 0. The van der Waals surface area contributed by atoms with Crippen LogP contribution < -0.4 is 0 Å². The average Bonchev–Trinajstić information content (AvgIpc) is 2.72. The van der Waals surface area contributed by atoms with Crippen molar-refractivity contribution >= 4 is 10.0 Å². The topological polar surface area (TPSA) is 55.2 Å². The molecule has 1 saturated heterocycles. The Kier molecular flexibility index (Phi) is 3.86. The summed E-state index contributed by atoms with van der Waals surface area (Å²) in [7, 11) is -2.34. The van der Waals surface area contributed by atoms with Gasteiger partial charge >= 0.3 is 6.18 Å². The predicted octanol–water partition coefficient (Wildman–Crippen LogP) is 2.02. The zero-order valence-corrected chi connectivity index (χ0v) is 12.9. The quantitative estimate of drug-likeness (QED) is 0.836. The third-order valence-corrected chi connectivity index (χ3v) is 5.89. The molecule has 0 saturated carbocycles. The highest BCUT2D eigenvalue weighted by Crippen LogP contribution is 2.45. The van der Waals surface area contributed by atoms with Gasteiger partial charge in [0.15, 0.2) is 5.03 Å². The number of aromatic nitrogens is 2. The third-order valence-electron chi connectivity index (χ3n) is 3.97. The van der Waals surface area contributed by atoms with E-state index in [-0.39, 0.29) is 24.5 Å². The summed E-state index contributed by atoms with van der Waals surface area (Å²) in [6.07, 6.45) is -3.19. The number of piperidine rings is 1. The maximum Gasteiger partial charge on any atom is 0.392 e. The normalized spacial score (nSPS) is 24.2. The number of aryl methyl sites for hydroxylation is 1. The van der Waals surface area contributed by atoms with Gasteiger partial charge in [0.25, 0.3) is 10.0 Å². The molecule has 0 N–H and O–H groups in total. The summed E-state index contributed by atoms with van der Waals surface area (Å²) in [4.78, 5) is 0. The molecule has 1 aromatic heterocycles. The highest BCUT2D eigenvalue weighted by molar-refractivity contribution is 7.89. The highest BCUT2D eigenvalue weighted by atomic mass is 32.2. The predicted molar refractivity (Wildman–Crippen MR) is 69.9 cm³/mol. The van der Waals surface area contributed by atoms with E-state index in [2.05, 4.69) is 5.10 Å². The number of hydrogen-bond acceptors (Lipinski definition) is 3. The molecule has 0 aliphatic carbocycles. The van der Waals surface area contributed by atoms with Gasteiger partial charge in [-0.25, -0.2) is 8.42 Å². The number of rotatable bonds is 2. The lowest BCUT2D eigenvalue weighted by Crippen LogP contribution is -2.52. The fourth-order valence-corrected chi connectivity index (χ4v) is 4.59. The molecule has 21 heavy (non-hydrogen) atoms. The Morgan fingerprint density at radius 2 is 2.00 bits per heavy atom. The van der Waals surface area contributed by atoms with Crippen molar-refractivity contribution in [3.05, 3.63) is 12.3 Å². The van der Waals surface area contributed by atoms with Crippen LogP contribution in [0.15, 0.2) is 17.3 Å². The largest absolute Gasteiger partial charge is 0.392 e. The first-order chi connectivity index (χ1) is 9.46. The van der Waals surface area contributed by atoms with E-state index in [0.29, 0.717) is 0 Å². The van der Waals surface area contributed by atoms with Gasteiger partial charge in [0.1, 0.15) is 0 Å². The SMILES string of the molecule is Cn1nccc1S(=O)(=O)N1CCC(C(F)(F)F)C(C)(C)C1. The smallest absolute Gasteiger partial charge is 0.256 e. The van der Waals surface area contributed by atoms with Crippen molar-refractivity contribution in [2.75, 3.05) is 13.1 Å². The Morgan fingerprint density at radius 1 is 1.38 bits per heavy atom. The Hall–Kier alpha value is -1.09. The van der Waals surface area contributed by atoms with Crippen molar-refractivity contribution in [1.82, 2.24) is 14.1 Å². The van der Waals surface area contributed by atoms with Crippen molar-refractivity contribution in [3.63, 3.8) is 0 Å². The Morgan fingerprint density at radius 3 is 2.43 bits per heavy atom. The zero-order chi connectivity index (χ0) is 16.1. The van der Waals surface area contributed by atoms with E-state index >= 15 is 0 Å². The van der Waals surface area contributed by atoms with Gasteiger partial charge in [-0.1, -0.05) is 13.8 Å². The Labute approximate surface area is 121 Å². The van der Waals surface area contributed by atoms with Crippen LogP contribution in [0, 0.1) is 11.3 Å². The minimum absolute atomic E-state index is 0.0104. The van der Waals surface area contributed by atoms with E-state index < -0.39 is 27.5 Å². The fraction of sp³-hybridized carbons (Fsp3) is 0.750. The molecule has 1 unspecified atom stereocenters. The molecule has 2 rings (SSSR count). The first-order valence-corrected chi connectivity index (χ1v) is 7.95. The summed E-state index contributed by atoms with van der Waals surface area (Å²) in [5, 5.41) is 3.79. The van der Waals surface area contributed by atoms with Crippen LogP contribution >= 0.6 is 0 Å². The molecule has 1 aliphatic heterocycles. The third kappa shape index (κ3) is 2.94. The van der Waals surface area contributed by atoms with Crippen molar-refractivity contribution in [2.24, 2.45) is 18.4 Å². The lowest BCUT2D eigenvalue weighted by Gasteiger charge is -2.44. The molecule has 1 fully saturated rings. The van der Waals surface area contributed by atoms with Gasteiger partial charge in [0, 0.05) is 20.1 Å². The van der Waals surface area contributed by atoms with E-state index in [9.17, 15) is 21.6 Å². The monoisotopic (exact) mass is 325 g/mol. The molecule has 0 radical (unpaired) electrons. The molecule has 5 nitrogen and oxygen atoms in total. The second-order valence-electron chi connectivity index (χ2n) is 6.00. The van der Waals surface area contributed by atoms with Gasteiger partial charge in [-0.15, -0.1) is 0 Å². The fourth-order valence-electron chi connectivity index (χ4n) is 2.87. The molecular formula is C12H18F3N3O2S. The van der Waals surface area contributed by atoms with Crippen molar-refractivity contribution in [2.45, 2.75) is 31.5 Å². The zero-order valence-electron chi connectivity index (χ0n) is 12.1. The first kappa shape index (κ1) is 16.3. The highest BCUT2D eigenvalue weighted by Gasteiger charge is 2.52. The molecule has 1 atom stereocenters. The Balaban J connectivity index is 2.28. The molecule has 0 amide bonds. The molecule has 0 aromatic carbocycles. The van der Waals surface area contributed by atoms with Crippen molar-refractivity contribution < 1.29 is 21.6 Å². The minimum Gasteiger partial charge on any atom is -0.256 e. The number of halogens is 3. The summed E-state index contributed by atoms with van der Waals surface area (Å²) < 4.78 is 66.4. The molecule has 120 valence electrons. The maximum atomic E-state index is 13.0. The number of nitrogens with zero attached hydrogens (tertiary/aromatic N) is 3. The number of alkyl halides is 3. The summed E-state index contributed by atoms with van der Waals surface area (Å²) in [6.45, 7) is 2.61. The molecule has 2 heterocycles. The average molecular weight is 325 g/mol.